The summed E-state index contributed by atoms with van der Waals surface area (Å²) in [5.74, 6) is 0.341. The number of hydrogen-bond donors (Lipinski definition) is 2. The quantitative estimate of drug-likeness (QED) is 0.293. The van der Waals surface area contributed by atoms with Gasteiger partial charge in [-0.25, -0.2) is 0 Å². The fourth-order valence-corrected chi connectivity index (χ4v) is 5.85. The summed E-state index contributed by atoms with van der Waals surface area (Å²) in [5.41, 5.74) is 1.60. The van der Waals surface area contributed by atoms with Crippen molar-refractivity contribution in [3.05, 3.63) is 63.2 Å². The van der Waals surface area contributed by atoms with Crippen LogP contribution in [0.2, 0.25) is 10.0 Å². The Morgan fingerprint density at radius 1 is 1.12 bits per heavy atom. The average molecular weight is 519 g/mol. The van der Waals surface area contributed by atoms with Gasteiger partial charge in [0.1, 0.15) is 9.88 Å². The lowest BCUT2D eigenvalue weighted by Gasteiger charge is -2.10. The van der Waals surface area contributed by atoms with Gasteiger partial charge in [-0.3, -0.25) is 10.1 Å². The van der Waals surface area contributed by atoms with E-state index in [-0.39, 0.29) is 11.0 Å². The van der Waals surface area contributed by atoms with Crippen molar-refractivity contribution in [1.82, 2.24) is 25.1 Å². The van der Waals surface area contributed by atoms with E-state index in [4.69, 9.17) is 35.4 Å². The predicted octanol–water partition coefficient (Wildman–Crippen LogP) is 5.81. The van der Waals surface area contributed by atoms with Crippen molar-refractivity contribution in [2.45, 2.75) is 6.92 Å². The molecule has 0 spiro atoms. The van der Waals surface area contributed by atoms with Crippen molar-refractivity contribution in [2.75, 3.05) is 5.32 Å². The minimum Gasteiger partial charge on any atom is -0.332 e. The lowest BCUT2D eigenvalue weighted by atomic mass is 10.2. The molecule has 0 saturated carbocycles. The SMILES string of the molecule is Cc1nnc2sc(-c3cccc(NC(=S)NC(=O)c4sc5cc(Cl)ccc5c4Cl)c3)nn12. The molecule has 0 unspecified atom stereocenters. The first kappa shape index (κ1) is 21.2. The van der Waals surface area contributed by atoms with Crippen LogP contribution >= 0.6 is 58.1 Å². The van der Waals surface area contributed by atoms with Crippen molar-refractivity contribution >= 4 is 89.8 Å². The highest BCUT2D eigenvalue weighted by atomic mass is 35.5. The zero-order valence-corrected chi connectivity index (χ0v) is 20.2. The largest absolute Gasteiger partial charge is 0.332 e. The molecule has 2 N–H and O–H groups in total. The van der Waals surface area contributed by atoms with E-state index in [1.54, 1.807) is 22.7 Å². The molecule has 0 aliphatic heterocycles. The van der Waals surface area contributed by atoms with Crippen LogP contribution in [0.3, 0.4) is 0 Å². The van der Waals surface area contributed by atoms with Crippen LogP contribution in [0, 0.1) is 6.92 Å². The van der Waals surface area contributed by atoms with Crippen LogP contribution in [-0.4, -0.2) is 30.8 Å². The van der Waals surface area contributed by atoms with Crippen LogP contribution in [0.5, 0.6) is 0 Å². The number of hydrogen-bond acceptors (Lipinski definition) is 7. The summed E-state index contributed by atoms with van der Waals surface area (Å²) in [6, 6.07) is 12.9. The Balaban J connectivity index is 1.32. The Hall–Kier alpha value is -2.63. The van der Waals surface area contributed by atoms with Gasteiger partial charge in [0.05, 0.1) is 5.02 Å². The summed E-state index contributed by atoms with van der Waals surface area (Å²) in [6.07, 6.45) is 0. The molecule has 2 aromatic carbocycles. The number of thiocarbonyl (C=S) groups is 1. The molecule has 5 rings (SSSR count). The number of anilines is 1. The number of aryl methyl sites for hydroxylation is 1. The van der Waals surface area contributed by atoms with Gasteiger partial charge < -0.3 is 5.32 Å². The Morgan fingerprint density at radius 2 is 1.97 bits per heavy atom. The van der Waals surface area contributed by atoms with Crippen molar-refractivity contribution in [3.8, 4) is 10.6 Å². The van der Waals surface area contributed by atoms with Crippen LogP contribution < -0.4 is 10.6 Å². The van der Waals surface area contributed by atoms with E-state index in [0.29, 0.717) is 20.6 Å². The smallest absolute Gasteiger partial charge is 0.269 e. The van der Waals surface area contributed by atoms with E-state index in [1.807, 2.05) is 31.2 Å². The second-order valence-electron chi connectivity index (χ2n) is 6.72. The summed E-state index contributed by atoms with van der Waals surface area (Å²) in [4.78, 5) is 13.8. The fourth-order valence-electron chi connectivity index (χ4n) is 3.07. The number of halogens is 2. The third kappa shape index (κ3) is 3.96. The maximum absolute atomic E-state index is 12.7. The standard InChI is InChI=1S/C20H12Cl2N6OS3/c1-9-25-26-20-28(9)27-18(32-20)10-3-2-4-12(7-10)23-19(30)24-17(29)16-15(22)13-6-5-11(21)8-14(13)31-16/h2-8H,1H3,(H2,23,24,29,30). The van der Waals surface area contributed by atoms with Crippen molar-refractivity contribution in [2.24, 2.45) is 0 Å². The maximum atomic E-state index is 12.7. The van der Waals surface area contributed by atoms with Gasteiger partial charge in [0.15, 0.2) is 10.9 Å². The van der Waals surface area contributed by atoms with E-state index in [9.17, 15) is 4.79 Å². The number of rotatable bonds is 3. The molecule has 0 radical (unpaired) electrons. The predicted molar refractivity (Wildman–Crippen MR) is 134 cm³/mol. The number of amides is 1. The molecule has 0 aliphatic rings. The highest BCUT2D eigenvalue weighted by Gasteiger charge is 2.18. The van der Waals surface area contributed by atoms with Crippen LogP contribution in [0.25, 0.3) is 25.6 Å². The van der Waals surface area contributed by atoms with Gasteiger partial charge in [-0.2, -0.15) is 9.61 Å². The summed E-state index contributed by atoms with van der Waals surface area (Å²) in [7, 11) is 0. The van der Waals surface area contributed by atoms with Crippen LogP contribution in [-0.2, 0) is 0 Å². The molecule has 1 amide bonds. The fraction of sp³-hybridized carbons (Fsp3) is 0.0500. The molecule has 5 aromatic rings. The molecule has 0 fully saturated rings. The molecule has 160 valence electrons. The molecular formula is C20H12Cl2N6OS3. The maximum Gasteiger partial charge on any atom is 0.269 e. The molecule has 0 saturated heterocycles. The second-order valence-corrected chi connectivity index (χ2v) is 9.95. The average Bonchev–Trinajstić information content (AvgIpc) is 3.42. The first-order chi connectivity index (χ1) is 15.4. The monoisotopic (exact) mass is 518 g/mol. The summed E-state index contributed by atoms with van der Waals surface area (Å²) < 4.78 is 2.53. The van der Waals surface area contributed by atoms with Gasteiger partial charge >= 0.3 is 0 Å². The van der Waals surface area contributed by atoms with E-state index in [0.717, 1.165) is 31.4 Å². The number of benzene rings is 2. The van der Waals surface area contributed by atoms with Gasteiger partial charge in [0.2, 0.25) is 4.96 Å². The zero-order chi connectivity index (χ0) is 22.4. The normalized spacial score (nSPS) is 11.2. The zero-order valence-electron chi connectivity index (χ0n) is 16.2. The number of nitrogens with zero attached hydrogens (tertiary/aromatic N) is 4. The molecular weight excluding hydrogens is 507 g/mol. The Bertz CT molecular complexity index is 1520. The van der Waals surface area contributed by atoms with Gasteiger partial charge in [-0.05, 0) is 43.4 Å². The molecule has 3 heterocycles. The number of carbonyl (C=O) groups excluding carboxylic acids is 1. The van der Waals surface area contributed by atoms with E-state index in [1.165, 1.54) is 22.7 Å². The summed E-state index contributed by atoms with van der Waals surface area (Å²) in [6.45, 7) is 1.85. The van der Waals surface area contributed by atoms with Gasteiger partial charge in [-0.15, -0.1) is 21.5 Å². The van der Waals surface area contributed by atoms with Crippen molar-refractivity contribution < 1.29 is 4.79 Å². The third-order valence-corrected chi connectivity index (χ3v) is 7.58. The van der Waals surface area contributed by atoms with Crippen LogP contribution in [0.4, 0.5) is 5.69 Å². The number of thiophene rings is 1. The molecule has 32 heavy (non-hydrogen) atoms. The summed E-state index contributed by atoms with van der Waals surface area (Å²) >= 11 is 20.5. The first-order valence-electron chi connectivity index (χ1n) is 9.18. The minimum atomic E-state index is -0.384. The number of aromatic nitrogens is 4. The molecule has 3 aromatic heterocycles. The van der Waals surface area contributed by atoms with E-state index in [2.05, 4.69) is 25.9 Å². The van der Waals surface area contributed by atoms with E-state index >= 15 is 0 Å². The summed E-state index contributed by atoms with van der Waals surface area (Å²) in [5, 5.41) is 21.1. The van der Waals surface area contributed by atoms with Gasteiger partial charge in [-0.1, -0.05) is 52.7 Å². The minimum absolute atomic E-state index is 0.160. The molecule has 12 heteroatoms. The molecule has 7 nitrogen and oxygen atoms in total. The van der Waals surface area contributed by atoms with E-state index < -0.39 is 0 Å². The molecule has 0 bridgehead atoms. The lowest BCUT2D eigenvalue weighted by molar-refractivity contribution is 0.0982. The van der Waals surface area contributed by atoms with Gasteiger partial charge in [0.25, 0.3) is 5.91 Å². The highest BCUT2D eigenvalue weighted by Crippen LogP contribution is 2.36. The first-order valence-corrected chi connectivity index (χ1v) is 12.0. The van der Waals surface area contributed by atoms with Crippen LogP contribution in [0.1, 0.15) is 15.5 Å². The van der Waals surface area contributed by atoms with Gasteiger partial charge in [0, 0.05) is 26.4 Å². The second kappa shape index (κ2) is 8.38. The highest BCUT2D eigenvalue weighted by molar-refractivity contribution is 7.80. The Kier molecular flexibility index (Phi) is 5.56. The Labute approximate surface area is 205 Å². The topological polar surface area (TPSA) is 84.2 Å². The number of fused-ring (bicyclic) bond motifs is 2. The van der Waals surface area contributed by atoms with Crippen LogP contribution in [0.15, 0.2) is 42.5 Å². The third-order valence-electron chi connectivity index (χ3n) is 4.54. The lowest BCUT2D eigenvalue weighted by Crippen LogP contribution is -2.33. The van der Waals surface area contributed by atoms with Crippen molar-refractivity contribution in [3.63, 3.8) is 0 Å². The molecule has 0 atom stereocenters. The Morgan fingerprint density at radius 3 is 2.78 bits per heavy atom. The number of carbonyl (C=O) groups is 1. The van der Waals surface area contributed by atoms with Crippen molar-refractivity contribution in [1.29, 1.82) is 0 Å². The molecule has 0 aliphatic carbocycles. The number of nitrogens with one attached hydrogen (secondary N) is 2.